The molecular weight excluding hydrogens is 318 g/mol. The molecule has 1 heterocycles. The lowest BCUT2D eigenvalue weighted by atomic mass is 9.94. The van der Waals surface area contributed by atoms with E-state index in [-0.39, 0.29) is 23.7 Å². The molecule has 0 unspecified atom stereocenters. The number of hydrogen-bond acceptors (Lipinski definition) is 5. The second-order valence-electron chi connectivity index (χ2n) is 6.15. The molecule has 1 aliphatic heterocycles. The predicted octanol–water partition coefficient (Wildman–Crippen LogP) is 1.50. The van der Waals surface area contributed by atoms with Crippen molar-refractivity contribution in [3.05, 3.63) is 29.8 Å². The van der Waals surface area contributed by atoms with E-state index in [4.69, 9.17) is 9.84 Å². The van der Waals surface area contributed by atoms with Crippen LogP contribution in [0.15, 0.2) is 29.2 Å². The molecule has 1 fully saturated rings. The average Bonchev–Trinajstić information content (AvgIpc) is 2.51. The highest BCUT2D eigenvalue weighted by molar-refractivity contribution is 7.89. The third-order valence-electron chi connectivity index (χ3n) is 3.89. The lowest BCUT2D eigenvalue weighted by Crippen LogP contribution is -2.42. The Morgan fingerprint density at radius 2 is 1.78 bits per heavy atom. The zero-order chi connectivity index (χ0) is 17.0. The van der Waals surface area contributed by atoms with E-state index in [1.165, 1.54) is 28.6 Å². The summed E-state index contributed by atoms with van der Waals surface area (Å²) in [6.45, 7) is 4.82. The Hall–Kier alpha value is -1.44. The molecule has 1 saturated heterocycles. The monoisotopic (exact) mass is 341 g/mol. The number of benzene rings is 1. The minimum absolute atomic E-state index is 0.0809. The summed E-state index contributed by atoms with van der Waals surface area (Å²) in [6.07, 6.45) is 1.03. The molecule has 7 heteroatoms. The van der Waals surface area contributed by atoms with Crippen LogP contribution in [0.4, 0.5) is 0 Å². The van der Waals surface area contributed by atoms with Crippen LogP contribution in [-0.2, 0) is 14.8 Å². The molecule has 0 bridgehead atoms. The minimum Gasteiger partial charge on any atom is -0.460 e. The Balaban J connectivity index is 2.15. The van der Waals surface area contributed by atoms with Crippen molar-refractivity contribution in [1.29, 1.82) is 0 Å². The standard InChI is InChI=1S/C16H23NO5S/c1-12-9-13(2)11-17(10-12)23(20,21)15-5-3-14(4-6-15)16(19)22-8-7-18/h3-6,12-13,18H,7-11H2,1-2H3/t12-,13-/m0/s1. The number of esters is 1. The van der Waals surface area contributed by atoms with Crippen molar-refractivity contribution >= 4 is 16.0 Å². The van der Waals surface area contributed by atoms with Crippen molar-refractivity contribution in [3.8, 4) is 0 Å². The quantitative estimate of drug-likeness (QED) is 0.821. The summed E-state index contributed by atoms with van der Waals surface area (Å²) >= 11 is 0. The van der Waals surface area contributed by atoms with Gasteiger partial charge in [-0.05, 0) is 42.5 Å². The lowest BCUT2D eigenvalue weighted by molar-refractivity contribution is 0.0433. The van der Waals surface area contributed by atoms with Gasteiger partial charge in [0.2, 0.25) is 10.0 Å². The number of aliphatic hydroxyl groups is 1. The fourth-order valence-electron chi connectivity index (χ4n) is 2.94. The van der Waals surface area contributed by atoms with Crippen molar-refractivity contribution in [2.75, 3.05) is 26.3 Å². The second-order valence-corrected chi connectivity index (χ2v) is 8.09. The van der Waals surface area contributed by atoms with Gasteiger partial charge in [-0.3, -0.25) is 0 Å². The first-order chi connectivity index (χ1) is 10.8. The molecule has 2 atom stereocenters. The number of rotatable bonds is 5. The largest absolute Gasteiger partial charge is 0.460 e. The van der Waals surface area contributed by atoms with Gasteiger partial charge in [0.25, 0.3) is 0 Å². The lowest BCUT2D eigenvalue weighted by Gasteiger charge is -2.34. The van der Waals surface area contributed by atoms with Crippen LogP contribution in [0.1, 0.15) is 30.6 Å². The molecule has 2 rings (SSSR count). The van der Waals surface area contributed by atoms with Crippen LogP contribution in [0.25, 0.3) is 0 Å². The molecule has 0 spiro atoms. The van der Waals surface area contributed by atoms with E-state index in [0.717, 1.165) is 6.42 Å². The summed E-state index contributed by atoms with van der Waals surface area (Å²) in [7, 11) is -3.55. The van der Waals surface area contributed by atoms with E-state index in [1.807, 2.05) is 0 Å². The first-order valence-corrected chi connectivity index (χ1v) is 9.16. The van der Waals surface area contributed by atoms with Crippen LogP contribution in [0.3, 0.4) is 0 Å². The number of ether oxygens (including phenoxy) is 1. The molecule has 0 amide bonds. The average molecular weight is 341 g/mol. The fourth-order valence-corrected chi connectivity index (χ4v) is 4.62. The Kier molecular flexibility index (Phi) is 5.78. The zero-order valence-corrected chi connectivity index (χ0v) is 14.3. The SMILES string of the molecule is C[C@H]1C[C@H](C)CN(S(=O)(=O)c2ccc(C(=O)OCCO)cc2)C1. The number of sulfonamides is 1. The van der Waals surface area contributed by atoms with Gasteiger partial charge in [-0.15, -0.1) is 0 Å². The summed E-state index contributed by atoms with van der Waals surface area (Å²) in [5, 5.41) is 8.64. The minimum atomic E-state index is -3.55. The Bertz CT molecular complexity index is 631. The summed E-state index contributed by atoms with van der Waals surface area (Å²) in [6, 6.07) is 5.72. The molecule has 1 aromatic carbocycles. The molecule has 6 nitrogen and oxygen atoms in total. The number of aliphatic hydroxyl groups excluding tert-OH is 1. The van der Waals surface area contributed by atoms with E-state index >= 15 is 0 Å². The number of carbonyl (C=O) groups excluding carboxylic acids is 1. The number of hydrogen-bond donors (Lipinski definition) is 1. The van der Waals surface area contributed by atoms with E-state index in [0.29, 0.717) is 24.9 Å². The fraction of sp³-hybridized carbons (Fsp3) is 0.562. The van der Waals surface area contributed by atoms with Gasteiger partial charge in [-0.2, -0.15) is 4.31 Å². The number of nitrogens with zero attached hydrogens (tertiary/aromatic N) is 1. The molecule has 1 N–H and O–H groups in total. The molecule has 1 aromatic rings. The van der Waals surface area contributed by atoms with Gasteiger partial charge in [0, 0.05) is 13.1 Å². The predicted molar refractivity (Wildman–Crippen MR) is 85.5 cm³/mol. The zero-order valence-electron chi connectivity index (χ0n) is 13.4. The van der Waals surface area contributed by atoms with Crippen LogP contribution in [0.2, 0.25) is 0 Å². The highest BCUT2D eigenvalue weighted by Crippen LogP contribution is 2.26. The Morgan fingerprint density at radius 3 is 2.30 bits per heavy atom. The highest BCUT2D eigenvalue weighted by atomic mass is 32.2. The maximum atomic E-state index is 12.7. The van der Waals surface area contributed by atoms with E-state index in [1.54, 1.807) is 0 Å². The smallest absolute Gasteiger partial charge is 0.338 e. The third-order valence-corrected chi connectivity index (χ3v) is 5.73. The molecule has 23 heavy (non-hydrogen) atoms. The first kappa shape index (κ1) is 17.9. The normalized spacial score (nSPS) is 22.7. The van der Waals surface area contributed by atoms with Gasteiger partial charge in [0.1, 0.15) is 6.61 Å². The van der Waals surface area contributed by atoms with E-state index < -0.39 is 16.0 Å². The summed E-state index contributed by atoms with van der Waals surface area (Å²) < 4.78 is 31.7. The van der Waals surface area contributed by atoms with Gasteiger partial charge in [-0.1, -0.05) is 13.8 Å². The molecule has 0 aliphatic carbocycles. The van der Waals surface area contributed by atoms with Crippen LogP contribution >= 0.6 is 0 Å². The van der Waals surface area contributed by atoms with Crippen LogP contribution < -0.4 is 0 Å². The number of carbonyl (C=O) groups is 1. The molecular formula is C16H23NO5S. The molecule has 1 aliphatic rings. The van der Waals surface area contributed by atoms with Crippen molar-refractivity contribution in [3.63, 3.8) is 0 Å². The molecule has 128 valence electrons. The van der Waals surface area contributed by atoms with Gasteiger partial charge < -0.3 is 9.84 Å². The molecule has 0 radical (unpaired) electrons. The summed E-state index contributed by atoms with van der Waals surface area (Å²) in [4.78, 5) is 11.8. The van der Waals surface area contributed by atoms with Crippen LogP contribution in [0, 0.1) is 11.8 Å². The van der Waals surface area contributed by atoms with Crippen molar-refractivity contribution in [2.45, 2.75) is 25.2 Å². The maximum Gasteiger partial charge on any atom is 0.338 e. The van der Waals surface area contributed by atoms with Gasteiger partial charge in [-0.25, -0.2) is 13.2 Å². The van der Waals surface area contributed by atoms with Gasteiger partial charge in [0.15, 0.2) is 0 Å². The Morgan fingerprint density at radius 1 is 1.22 bits per heavy atom. The highest BCUT2D eigenvalue weighted by Gasteiger charge is 2.31. The second kappa shape index (κ2) is 7.42. The van der Waals surface area contributed by atoms with E-state index in [2.05, 4.69) is 13.8 Å². The van der Waals surface area contributed by atoms with Crippen molar-refractivity contribution in [2.24, 2.45) is 11.8 Å². The van der Waals surface area contributed by atoms with Gasteiger partial charge >= 0.3 is 5.97 Å². The third kappa shape index (κ3) is 4.31. The molecule has 0 aromatic heterocycles. The van der Waals surface area contributed by atoms with Crippen molar-refractivity contribution in [1.82, 2.24) is 4.31 Å². The van der Waals surface area contributed by atoms with Crippen LogP contribution in [-0.4, -0.2) is 50.1 Å². The Labute approximate surface area is 137 Å². The summed E-state index contributed by atoms with van der Waals surface area (Å²) in [5.41, 5.74) is 0.262. The van der Waals surface area contributed by atoms with E-state index in [9.17, 15) is 13.2 Å². The topological polar surface area (TPSA) is 83.9 Å². The molecule has 0 saturated carbocycles. The maximum absolute atomic E-state index is 12.7. The van der Waals surface area contributed by atoms with Crippen molar-refractivity contribution < 1.29 is 23.1 Å². The van der Waals surface area contributed by atoms with Gasteiger partial charge in [0.05, 0.1) is 17.1 Å². The van der Waals surface area contributed by atoms with Crippen LogP contribution in [0.5, 0.6) is 0 Å². The first-order valence-electron chi connectivity index (χ1n) is 7.72. The summed E-state index contributed by atoms with van der Waals surface area (Å²) in [5.74, 6) is 0.0886. The number of piperidine rings is 1.